The van der Waals surface area contributed by atoms with Crippen molar-refractivity contribution in [3.05, 3.63) is 41.7 Å². The molecule has 0 atom stereocenters. The van der Waals surface area contributed by atoms with E-state index < -0.39 is 11.9 Å². The van der Waals surface area contributed by atoms with Crippen molar-refractivity contribution in [3.8, 4) is 0 Å². The molecule has 0 bridgehead atoms. The summed E-state index contributed by atoms with van der Waals surface area (Å²) in [5.41, 5.74) is 6.19. The number of hydrogen-bond donors (Lipinski definition) is 3. The summed E-state index contributed by atoms with van der Waals surface area (Å²) in [5, 5.41) is 8.39. The van der Waals surface area contributed by atoms with Crippen LogP contribution in [-0.4, -0.2) is 17.1 Å². The maximum Gasteiger partial charge on any atom is 0.327 e. The number of carbonyl (C=O) groups is 2. The highest BCUT2D eigenvalue weighted by Gasteiger charge is 2.20. The number of carbonyl (C=O) groups excluding carboxylic acids is 2. The largest absolute Gasteiger partial charge is 0.399 e. The van der Waals surface area contributed by atoms with Gasteiger partial charge in [-0.05, 0) is 24.3 Å². The van der Waals surface area contributed by atoms with E-state index in [4.69, 9.17) is 10.3 Å². The zero-order valence-corrected chi connectivity index (χ0v) is 12.6. The summed E-state index contributed by atoms with van der Waals surface area (Å²) in [4.78, 5) is 23.6. The molecule has 0 unspecified atom stereocenters. The van der Waals surface area contributed by atoms with Crippen LogP contribution in [0.4, 0.5) is 16.3 Å². The Hall–Kier alpha value is -2.83. The van der Waals surface area contributed by atoms with Gasteiger partial charge < -0.3 is 10.3 Å². The lowest BCUT2D eigenvalue weighted by Gasteiger charge is -2.12. The van der Waals surface area contributed by atoms with Gasteiger partial charge in [-0.2, -0.15) is 0 Å². The van der Waals surface area contributed by atoms with Gasteiger partial charge in [0, 0.05) is 22.7 Å². The van der Waals surface area contributed by atoms with Crippen molar-refractivity contribution in [3.63, 3.8) is 0 Å². The van der Waals surface area contributed by atoms with E-state index in [1.54, 1.807) is 18.2 Å². The summed E-state index contributed by atoms with van der Waals surface area (Å²) in [6.45, 7) is 5.88. The van der Waals surface area contributed by atoms with Crippen molar-refractivity contribution in [2.24, 2.45) is 0 Å². The lowest BCUT2D eigenvalue weighted by Crippen LogP contribution is -2.34. The predicted molar refractivity (Wildman–Crippen MR) is 82.5 cm³/mol. The lowest BCUT2D eigenvalue weighted by molar-refractivity contribution is 0.0967. The van der Waals surface area contributed by atoms with E-state index in [2.05, 4.69) is 15.8 Å². The number of amides is 3. The average Bonchev–Trinajstić information content (AvgIpc) is 2.87. The van der Waals surface area contributed by atoms with Gasteiger partial charge in [0.1, 0.15) is 5.76 Å². The molecule has 2 aromatic rings. The van der Waals surface area contributed by atoms with Gasteiger partial charge >= 0.3 is 6.03 Å². The molecule has 0 fully saturated rings. The SMILES string of the molecule is CC(C)(C)c1cc(NC(=O)NC(=O)c2ccc(N)cc2)no1. The number of aromatic nitrogens is 1. The van der Waals surface area contributed by atoms with Crippen molar-refractivity contribution in [1.29, 1.82) is 0 Å². The van der Waals surface area contributed by atoms with Gasteiger partial charge in [0.05, 0.1) is 0 Å². The molecular weight excluding hydrogens is 284 g/mol. The number of urea groups is 1. The Balaban J connectivity index is 1.97. The highest BCUT2D eigenvalue weighted by molar-refractivity contribution is 6.07. The van der Waals surface area contributed by atoms with Crippen molar-refractivity contribution >= 4 is 23.4 Å². The molecule has 1 heterocycles. The summed E-state index contributed by atoms with van der Waals surface area (Å²) in [6.07, 6.45) is 0. The monoisotopic (exact) mass is 302 g/mol. The number of nitrogen functional groups attached to an aromatic ring is 1. The molecule has 1 aromatic heterocycles. The first-order valence-corrected chi connectivity index (χ1v) is 6.71. The number of nitrogens with one attached hydrogen (secondary N) is 2. The van der Waals surface area contributed by atoms with Crippen molar-refractivity contribution < 1.29 is 14.1 Å². The quantitative estimate of drug-likeness (QED) is 0.738. The smallest absolute Gasteiger partial charge is 0.327 e. The van der Waals surface area contributed by atoms with E-state index in [0.717, 1.165) is 0 Å². The van der Waals surface area contributed by atoms with E-state index in [9.17, 15) is 9.59 Å². The van der Waals surface area contributed by atoms with Gasteiger partial charge in [-0.1, -0.05) is 25.9 Å². The van der Waals surface area contributed by atoms with Crippen LogP contribution in [0.25, 0.3) is 0 Å². The van der Waals surface area contributed by atoms with E-state index >= 15 is 0 Å². The van der Waals surface area contributed by atoms with Crippen LogP contribution in [0, 0.1) is 0 Å². The fraction of sp³-hybridized carbons (Fsp3) is 0.267. The van der Waals surface area contributed by atoms with E-state index in [-0.39, 0.29) is 11.2 Å². The Bertz CT molecular complexity index is 684. The lowest BCUT2D eigenvalue weighted by atomic mass is 9.93. The van der Waals surface area contributed by atoms with E-state index in [1.807, 2.05) is 20.8 Å². The number of anilines is 2. The molecule has 0 spiro atoms. The van der Waals surface area contributed by atoms with Crippen LogP contribution in [-0.2, 0) is 5.41 Å². The molecule has 1 aromatic carbocycles. The van der Waals surface area contributed by atoms with Gasteiger partial charge in [0.25, 0.3) is 5.91 Å². The summed E-state index contributed by atoms with van der Waals surface area (Å²) in [7, 11) is 0. The Morgan fingerprint density at radius 3 is 2.36 bits per heavy atom. The van der Waals surface area contributed by atoms with Gasteiger partial charge in [-0.15, -0.1) is 0 Å². The molecule has 0 saturated carbocycles. The Morgan fingerprint density at radius 2 is 1.82 bits per heavy atom. The molecule has 7 nitrogen and oxygen atoms in total. The van der Waals surface area contributed by atoms with Crippen molar-refractivity contribution in [2.75, 3.05) is 11.1 Å². The molecule has 7 heteroatoms. The molecular formula is C15H18N4O3. The first-order chi connectivity index (χ1) is 10.3. The maximum absolute atomic E-state index is 11.9. The molecule has 0 radical (unpaired) electrons. The minimum Gasteiger partial charge on any atom is -0.399 e. The van der Waals surface area contributed by atoms with Crippen LogP contribution in [0.3, 0.4) is 0 Å². The summed E-state index contributed by atoms with van der Waals surface area (Å²) in [6, 6.07) is 7.17. The summed E-state index contributed by atoms with van der Waals surface area (Å²) < 4.78 is 5.14. The molecule has 2 rings (SSSR count). The zero-order chi connectivity index (χ0) is 16.3. The predicted octanol–water partition coefficient (Wildman–Crippen LogP) is 2.52. The number of hydrogen-bond acceptors (Lipinski definition) is 5. The topological polar surface area (TPSA) is 110 Å². The number of nitrogens with zero attached hydrogens (tertiary/aromatic N) is 1. The standard InChI is InChI=1S/C15H18N4O3/c1-15(2,3)11-8-12(19-22-11)17-14(21)18-13(20)9-4-6-10(16)7-5-9/h4-8H,16H2,1-3H3,(H2,17,18,19,20,21). The second-order valence-corrected chi connectivity index (χ2v) is 5.86. The zero-order valence-electron chi connectivity index (χ0n) is 12.6. The molecule has 0 aliphatic carbocycles. The van der Waals surface area contributed by atoms with Crippen molar-refractivity contribution in [2.45, 2.75) is 26.2 Å². The summed E-state index contributed by atoms with van der Waals surface area (Å²) in [5.74, 6) is 0.345. The third kappa shape index (κ3) is 3.85. The third-order valence-corrected chi connectivity index (χ3v) is 2.89. The molecule has 3 amide bonds. The normalized spacial score (nSPS) is 11.0. The fourth-order valence-electron chi connectivity index (χ4n) is 1.64. The first kappa shape index (κ1) is 15.6. The maximum atomic E-state index is 11.9. The molecule has 0 aliphatic heterocycles. The van der Waals surface area contributed by atoms with Crippen LogP contribution < -0.4 is 16.4 Å². The van der Waals surface area contributed by atoms with E-state index in [1.165, 1.54) is 12.1 Å². The molecule has 0 aliphatic rings. The fourth-order valence-corrected chi connectivity index (χ4v) is 1.64. The van der Waals surface area contributed by atoms with Gasteiger partial charge in [-0.25, -0.2) is 4.79 Å². The first-order valence-electron chi connectivity index (χ1n) is 6.71. The van der Waals surface area contributed by atoms with Crippen LogP contribution in [0.5, 0.6) is 0 Å². The Labute approximate surface area is 127 Å². The minimum absolute atomic E-state index is 0.219. The minimum atomic E-state index is -0.685. The number of imide groups is 1. The Kier molecular flexibility index (Phi) is 4.16. The van der Waals surface area contributed by atoms with Gasteiger partial charge in [-0.3, -0.25) is 15.4 Å². The number of benzene rings is 1. The average molecular weight is 302 g/mol. The van der Waals surface area contributed by atoms with Crippen LogP contribution in [0.1, 0.15) is 36.9 Å². The molecule has 116 valence electrons. The van der Waals surface area contributed by atoms with Gasteiger partial charge in [0.15, 0.2) is 5.82 Å². The second kappa shape index (κ2) is 5.88. The number of nitrogens with two attached hydrogens (primary N) is 1. The van der Waals surface area contributed by atoms with Gasteiger partial charge in [0.2, 0.25) is 0 Å². The molecule has 0 saturated heterocycles. The van der Waals surface area contributed by atoms with Crippen LogP contribution in [0.2, 0.25) is 0 Å². The van der Waals surface area contributed by atoms with E-state index in [0.29, 0.717) is 17.0 Å². The van der Waals surface area contributed by atoms with Crippen LogP contribution >= 0.6 is 0 Å². The molecule has 22 heavy (non-hydrogen) atoms. The summed E-state index contributed by atoms with van der Waals surface area (Å²) >= 11 is 0. The number of rotatable bonds is 2. The highest BCUT2D eigenvalue weighted by atomic mass is 16.5. The van der Waals surface area contributed by atoms with Crippen LogP contribution in [0.15, 0.2) is 34.9 Å². The second-order valence-electron chi connectivity index (χ2n) is 5.86. The third-order valence-electron chi connectivity index (χ3n) is 2.89. The molecule has 4 N–H and O–H groups in total. The Morgan fingerprint density at radius 1 is 1.18 bits per heavy atom. The van der Waals surface area contributed by atoms with Crippen molar-refractivity contribution in [1.82, 2.24) is 10.5 Å². The highest BCUT2D eigenvalue weighted by Crippen LogP contribution is 2.24.